The van der Waals surface area contributed by atoms with E-state index >= 15 is 0 Å². The van der Waals surface area contributed by atoms with Crippen LogP contribution in [0.5, 0.6) is 0 Å². The smallest absolute Gasteiger partial charge is 0.412 e. The van der Waals surface area contributed by atoms with Gasteiger partial charge in [-0.1, -0.05) is 0 Å². The molecule has 8 nitrogen and oxygen atoms in total. The van der Waals surface area contributed by atoms with E-state index in [-0.39, 0.29) is 17.8 Å². The van der Waals surface area contributed by atoms with Crippen LogP contribution in [0.4, 0.5) is 10.5 Å². The second-order valence-electron chi connectivity index (χ2n) is 8.10. The van der Waals surface area contributed by atoms with E-state index in [2.05, 4.69) is 10.3 Å². The molecular weight excluding hydrogens is 350 g/mol. The Bertz CT molecular complexity index is 872. The minimum absolute atomic E-state index is 0.0416. The number of nitrogens with zero attached hydrogens (tertiary/aromatic N) is 2. The Kier molecular flexibility index (Phi) is 5.58. The summed E-state index contributed by atoms with van der Waals surface area (Å²) in [4.78, 5) is 39.8. The van der Waals surface area contributed by atoms with E-state index in [9.17, 15) is 14.4 Å². The molecule has 0 unspecified atom stereocenters. The minimum atomic E-state index is -0.682. The molecule has 27 heavy (non-hydrogen) atoms. The van der Waals surface area contributed by atoms with Gasteiger partial charge in [-0.15, -0.1) is 0 Å². The first-order valence-electron chi connectivity index (χ1n) is 8.54. The first kappa shape index (κ1) is 20.4. The van der Waals surface area contributed by atoms with E-state index in [1.54, 1.807) is 58.4 Å². The molecule has 2 aromatic rings. The molecule has 0 aliphatic heterocycles. The number of amides is 1. The van der Waals surface area contributed by atoms with Gasteiger partial charge < -0.3 is 14.0 Å². The highest BCUT2D eigenvalue weighted by atomic mass is 16.6. The van der Waals surface area contributed by atoms with E-state index in [4.69, 9.17) is 9.47 Å². The van der Waals surface area contributed by atoms with Crippen LogP contribution in [0.3, 0.4) is 0 Å². The molecule has 146 valence electrons. The first-order chi connectivity index (χ1) is 12.4. The van der Waals surface area contributed by atoms with Crippen molar-refractivity contribution in [2.24, 2.45) is 0 Å². The number of carbonyl (C=O) groups excluding carboxylic acids is 3. The number of hydrogen-bond donors (Lipinski definition) is 1. The predicted octanol–water partition coefficient (Wildman–Crippen LogP) is 3.54. The zero-order chi connectivity index (χ0) is 20.4. The van der Waals surface area contributed by atoms with Crippen LogP contribution in [0.15, 0.2) is 18.5 Å². The fourth-order valence-electron chi connectivity index (χ4n) is 2.43. The highest BCUT2D eigenvalue weighted by molar-refractivity contribution is 6.05. The molecule has 0 bridgehead atoms. The predicted molar refractivity (Wildman–Crippen MR) is 101 cm³/mol. The molecule has 1 amide bonds. The Morgan fingerprint density at radius 1 is 1.15 bits per heavy atom. The van der Waals surface area contributed by atoms with Gasteiger partial charge in [-0.05, 0) is 47.6 Å². The van der Waals surface area contributed by atoms with E-state index < -0.39 is 23.3 Å². The lowest BCUT2D eigenvalue weighted by molar-refractivity contribution is -0.155. The maximum absolute atomic E-state index is 12.1. The minimum Gasteiger partial charge on any atom is -0.459 e. The number of anilines is 1. The summed E-state index contributed by atoms with van der Waals surface area (Å²) in [6, 6.07) is 1.67. The average Bonchev–Trinajstić information content (AvgIpc) is 2.87. The van der Waals surface area contributed by atoms with Crippen molar-refractivity contribution < 1.29 is 23.9 Å². The summed E-state index contributed by atoms with van der Waals surface area (Å²) >= 11 is 0. The van der Waals surface area contributed by atoms with Gasteiger partial charge >= 0.3 is 12.1 Å². The molecule has 0 atom stereocenters. The van der Waals surface area contributed by atoms with Gasteiger partial charge in [-0.3, -0.25) is 14.9 Å². The maximum atomic E-state index is 12.1. The summed E-state index contributed by atoms with van der Waals surface area (Å²) in [6.45, 7) is 10.6. The lowest BCUT2D eigenvalue weighted by Crippen LogP contribution is -2.27. The lowest BCUT2D eigenvalue weighted by Gasteiger charge is -2.20. The maximum Gasteiger partial charge on any atom is 0.412 e. The SMILES string of the molecule is CC(C)(C)OC(=O)Cn1ccc2c(NC(=O)OC(C)(C)C)c(C=O)cnc21. The molecule has 2 aromatic heterocycles. The fourth-order valence-corrected chi connectivity index (χ4v) is 2.43. The van der Waals surface area contributed by atoms with Crippen molar-refractivity contribution in [1.82, 2.24) is 9.55 Å². The number of pyridine rings is 1. The molecule has 0 aliphatic carbocycles. The molecule has 0 aromatic carbocycles. The lowest BCUT2D eigenvalue weighted by atomic mass is 10.2. The highest BCUT2D eigenvalue weighted by Gasteiger charge is 2.21. The molecule has 2 rings (SSSR count). The van der Waals surface area contributed by atoms with Crippen LogP contribution in [-0.4, -0.2) is 39.1 Å². The number of esters is 1. The molecule has 0 aliphatic rings. The van der Waals surface area contributed by atoms with E-state index in [0.29, 0.717) is 17.3 Å². The second-order valence-corrected chi connectivity index (χ2v) is 8.10. The Hall–Kier alpha value is -2.90. The number of hydrogen-bond acceptors (Lipinski definition) is 6. The van der Waals surface area contributed by atoms with Crippen LogP contribution >= 0.6 is 0 Å². The van der Waals surface area contributed by atoms with Crippen molar-refractivity contribution >= 4 is 35.1 Å². The highest BCUT2D eigenvalue weighted by Crippen LogP contribution is 2.27. The Morgan fingerprint density at radius 2 is 1.78 bits per heavy atom. The quantitative estimate of drug-likeness (QED) is 0.648. The van der Waals surface area contributed by atoms with Crippen LogP contribution in [0.1, 0.15) is 51.9 Å². The van der Waals surface area contributed by atoms with Crippen molar-refractivity contribution in [1.29, 1.82) is 0 Å². The van der Waals surface area contributed by atoms with Gasteiger partial charge in [0.15, 0.2) is 6.29 Å². The van der Waals surface area contributed by atoms with Gasteiger partial charge in [0.2, 0.25) is 0 Å². The van der Waals surface area contributed by atoms with Gasteiger partial charge in [-0.2, -0.15) is 0 Å². The third kappa shape index (κ3) is 5.54. The molecular formula is C19H25N3O5. The average molecular weight is 375 g/mol. The topological polar surface area (TPSA) is 99.5 Å². The normalized spacial score (nSPS) is 11.9. The number of ether oxygens (including phenoxy) is 2. The van der Waals surface area contributed by atoms with Gasteiger partial charge in [0.1, 0.15) is 23.4 Å². The standard InChI is InChI=1S/C19H25N3O5/c1-18(2,3)26-14(24)10-22-8-7-13-15(12(11-23)9-20-16(13)22)21-17(25)27-19(4,5)6/h7-9,11H,10H2,1-6H3,(H,20,21,25). The van der Waals surface area contributed by atoms with E-state index in [0.717, 1.165) is 0 Å². The number of fused-ring (bicyclic) bond motifs is 1. The molecule has 0 spiro atoms. The number of aldehydes is 1. The Balaban J connectivity index is 2.35. The molecule has 1 N–H and O–H groups in total. The summed E-state index contributed by atoms with van der Waals surface area (Å²) < 4.78 is 12.2. The molecule has 0 fully saturated rings. The molecule has 2 heterocycles. The van der Waals surface area contributed by atoms with Crippen molar-refractivity contribution in [2.75, 3.05) is 5.32 Å². The Labute approximate surface area is 157 Å². The summed E-state index contributed by atoms with van der Waals surface area (Å²) in [5.41, 5.74) is -0.338. The number of carbonyl (C=O) groups is 3. The number of aromatic nitrogens is 2. The van der Waals surface area contributed by atoms with Crippen LogP contribution in [-0.2, 0) is 20.8 Å². The van der Waals surface area contributed by atoms with Crippen molar-refractivity contribution in [3.63, 3.8) is 0 Å². The third-order valence-electron chi connectivity index (χ3n) is 3.29. The van der Waals surface area contributed by atoms with Crippen molar-refractivity contribution in [3.8, 4) is 0 Å². The first-order valence-corrected chi connectivity index (χ1v) is 8.54. The third-order valence-corrected chi connectivity index (χ3v) is 3.29. The summed E-state index contributed by atoms with van der Waals surface area (Å²) in [5.74, 6) is -0.414. The van der Waals surface area contributed by atoms with Gasteiger partial charge in [0, 0.05) is 17.8 Å². The molecule has 0 saturated carbocycles. The van der Waals surface area contributed by atoms with Crippen LogP contribution < -0.4 is 5.32 Å². The molecule has 8 heteroatoms. The van der Waals surface area contributed by atoms with Gasteiger partial charge in [-0.25, -0.2) is 9.78 Å². The molecule has 0 radical (unpaired) electrons. The monoisotopic (exact) mass is 375 g/mol. The van der Waals surface area contributed by atoms with Gasteiger partial charge in [0.25, 0.3) is 0 Å². The largest absolute Gasteiger partial charge is 0.459 e. The summed E-state index contributed by atoms with van der Waals surface area (Å²) in [5, 5.41) is 3.13. The van der Waals surface area contributed by atoms with E-state index in [1.165, 1.54) is 6.20 Å². The second kappa shape index (κ2) is 7.38. The van der Waals surface area contributed by atoms with Crippen molar-refractivity contribution in [3.05, 3.63) is 24.0 Å². The number of rotatable bonds is 4. The van der Waals surface area contributed by atoms with Crippen LogP contribution in [0.2, 0.25) is 0 Å². The van der Waals surface area contributed by atoms with Gasteiger partial charge in [0.05, 0.1) is 11.3 Å². The number of nitrogens with one attached hydrogen (secondary N) is 1. The summed E-state index contributed by atoms with van der Waals surface area (Å²) in [6.07, 6.45) is 2.91. The van der Waals surface area contributed by atoms with Crippen LogP contribution in [0, 0.1) is 0 Å². The van der Waals surface area contributed by atoms with E-state index in [1.807, 2.05) is 0 Å². The Morgan fingerprint density at radius 3 is 2.33 bits per heavy atom. The summed E-state index contributed by atoms with van der Waals surface area (Å²) in [7, 11) is 0. The van der Waals surface area contributed by atoms with Crippen molar-refractivity contribution in [2.45, 2.75) is 59.3 Å². The zero-order valence-electron chi connectivity index (χ0n) is 16.5. The van der Waals surface area contributed by atoms with Crippen LogP contribution in [0.25, 0.3) is 11.0 Å². The molecule has 0 saturated heterocycles. The zero-order valence-corrected chi connectivity index (χ0v) is 16.5. The fraction of sp³-hybridized carbons (Fsp3) is 0.474.